The lowest BCUT2D eigenvalue weighted by atomic mass is 9.91. The average Bonchev–Trinajstić information content (AvgIpc) is 2.40. The van der Waals surface area contributed by atoms with E-state index in [1.807, 2.05) is 0 Å². The molecule has 0 amide bonds. The Hall–Kier alpha value is -1.36. The van der Waals surface area contributed by atoms with Crippen LogP contribution < -0.4 is 15.8 Å². The van der Waals surface area contributed by atoms with Crippen molar-refractivity contribution in [2.24, 2.45) is 5.73 Å². The molecule has 3 N–H and O–H groups in total. The van der Waals surface area contributed by atoms with Crippen molar-refractivity contribution in [2.75, 3.05) is 11.9 Å². The van der Waals surface area contributed by atoms with Gasteiger partial charge in [0.2, 0.25) is 11.8 Å². The Balaban J connectivity index is 1.95. The zero-order valence-corrected chi connectivity index (χ0v) is 10.9. The highest BCUT2D eigenvalue weighted by Crippen LogP contribution is 2.20. The second kappa shape index (κ2) is 6.54. The maximum Gasteiger partial charge on any atom is 0.226 e. The van der Waals surface area contributed by atoms with Crippen molar-refractivity contribution in [3.8, 4) is 5.88 Å². The number of nitrogens with two attached hydrogens (primary N) is 1. The Morgan fingerprint density at radius 1 is 1.44 bits per heavy atom. The maximum atomic E-state index is 6.10. The quantitative estimate of drug-likeness (QED) is 0.835. The van der Waals surface area contributed by atoms with Crippen LogP contribution in [0, 0.1) is 0 Å². The molecule has 1 aliphatic carbocycles. The van der Waals surface area contributed by atoms with Crippen LogP contribution in [0.4, 0.5) is 5.95 Å². The van der Waals surface area contributed by atoms with Crippen LogP contribution in [0.3, 0.4) is 0 Å². The summed E-state index contributed by atoms with van der Waals surface area (Å²) in [5.41, 5.74) is 6.10. The minimum Gasteiger partial charge on any atom is -0.478 e. The molecule has 2 atom stereocenters. The van der Waals surface area contributed by atoms with Crippen LogP contribution in [0.25, 0.3) is 0 Å². The fourth-order valence-electron chi connectivity index (χ4n) is 2.20. The normalized spacial score (nSPS) is 23.7. The van der Waals surface area contributed by atoms with Crippen LogP contribution in [0.15, 0.2) is 12.3 Å². The third-order valence-electron chi connectivity index (χ3n) is 3.22. The first-order chi connectivity index (χ1) is 8.79. The molecule has 0 bridgehead atoms. The van der Waals surface area contributed by atoms with Gasteiger partial charge in [-0.05, 0) is 19.3 Å². The van der Waals surface area contributed by atoms with Gasteiger partial charge in [-0.25, -0.2) is 4.98 Å². The van der Waals surface area contributed by atoms with E-state index in [4.69, 9.17) is 10.5 Å². The zero-order chi connectivity index (χ0) is 12.8. The van der Waals surface area contributed by atoms with E-state index in [-0.39, 0.29) is 12.1 Å². The van der Waals surface area contributed by atoms with Gasteiger partial charge >= 0.3 is 0 Å². The number of nitrogens with zero attached hydrogens (tertiary/aromatic N) is 2. The molecule has 1 heterocycles. The molecule has 0 saturated heterocycles. The van der Waals surface area contributed by atoms with E-state index in [0.717, 1.165) is 19.3 Å². The summed E-state index contributed by atoms with van der Waals surface area (Å²) in [6, 6.07) is 2.25. The Kier molecular flexibility index (Phi) is 4.75. The number of ether oxygens (including phenoxy) is 1. The maximum absolute atomic E-state index is 6.10. The first-order valence-electron chi connectivity index (χ1n) is 6.77. The summed E-state index contributed by atoms with van der Waals surface area (Å²) in [6.45, 7) is 2.75. The van der Waals surface area contributed by atoms with Crippen molar-refractivity contribution in [1.82, 2.24) is 9.97 Å². The predicted octanol–water partition coefficient (Wildman–Crippen LogP) is 1.95. The molecule has 1 fully saturated rings. The van der Waals surface area contributed by atoms with E-state index in [1.165, 1.54) is 12.8 Å². The topological polar surface area (TPSA) is 73.1 Å². The second-order valence-electron chi connectivity index (χ2n) is 4.77. The van der Waals surface area contributed by atoms with Crippen molar-refractivity contribution in [3.05, 3.63) is 12.3 Å². The van der Waals surface area contributed by atoms with E-state index >= 15 is 0 Å². The monoisotopic (exact) mass is 250 g/mol. The summed E-state index contributed by atoms with van der Waals surface area (Å²) in [7, 11) is 0. The third-order valence-corrected chi connectivity index (χ3v) is 3.22. The van der Waals surface area contributed by atoms with Crippen LogP contribution in [-0.2, 0) is 0 Å². The summed E-state index contributed by atoms with van der Waals surface area (Å²) in [5, 5.41) is 3.32. The highest BCUT2D eigenvalue weighted by molar-refractivity contribution is 5.29. The lowest BCUT2D eigenvalue weighted by molar-refractivity contribution is 0.305. The zero-order valence-electron chi connectivity index (χ0n) is 10.9. The largest absolute Gasteiger partial charge is 0.478 e. The summed E-state index contributed by atoms with van der Waals surface area (Å²) in [5.74, 6) is 1.24. The molecule has 1 aromatic rings. The molecule has 0 radical (unpaired) electrons. The van der Waals surface area contributed by atoms with Gasteiger partial charge in [-0.2, -0.15) is 4.98 Å². The molecular formula is C13H22N4O. The molecule has 0 spiro atoms. The average molecular weight is 250 g/mol. The van der Waals surface area contributed by atoms with Crippen LogP contribution in [0.1, 0.15) is 39.0 Å². The summed E-state index contributed by atoms with van der Waals surface area (Å²) >= 11 is 0. The van der Waals surface area contributed by atoms with Gasteiger partial charge in [0, 0.05) is 24.3 Å². The van der Waals surface area contributed by atoms with Gasteiger partial charge in [0.05, 0.1) is 6.61 Å². The van der Waals surface area contributed by atoms with E-state index in [1.54, 1.807) is 12.3 Å². The lowest BCUT2D eigenvalue weighted by Gasteiger charge is -2.29. The third kappa shape index (κ3) is 3.57. The fraction of sp³-hybridized carbons (Fsp3) is 0.692. The van der Waals surface area contributed by atoms with E-state index < -0.39 is 0 Å². The van der Waals surface area contributed by atoms with E-state index in [2.05, 4.69) is 22.2 Å². The number of aromatic nitrogens is 2. The van der Waals surface area contributed by atoms with Gasteiger partial charge in [-0.15, -0.1) is 0 Å². The van der Waals surface area contributed by atoms with E-state index in [0.29, 0.717) is 18.4 Å². The fourth-order valence-corrected chi connectivity index (χ4v) is 2.20. The molecule has 0 aromatic carbocycles. The van der Waals surface area contributed by atoms with Crippen LogP contribution in [0.5, 0.6) is 5.88 Å². The van der Waals surface area contributed by atoms with Gasteiger partial charge in [-0.1, -0.05) is 19.8 Å². The summed E-state index contributed by atoms with van der Waals surface area (Å²) < 4.78 is 5.49. The Morgan fingerprint density at radius 3 is 3.06 bits per heavy atom. The van der Waals surface area contributed by atoms with Gasteiger partial charge in [0.1, 0.15) is 0 Å². The molecule has 100 valence electrons. The Bertz CT molecular complexity index is 372. The number of rotatable bonds is 5. The van der Waals surface area contributed by atoms with Crippen LogP contribution >= 0.6 is 0 Å². The van der Waals surface area contributed by atoms with Crippen LogP contribution in [-0.4, -0.2) is 28.7 Å². The predicted molar refractivity (Wildman–Crippen MR) is 71.7 cm³/mol. The van der Waals surface area contributed by atoms with Gasteiger partial charge in [0.25, 0.3) is 0 Å². The van der Waals surface area contributed by atoms with Gasteiger partial charge < -0.3 is 15.8 Å². The highest BCUT2D eigenvalue weighted by atomic mass is 16.5. The molecular weight excluding hydrogens is 228 g/mol. The van der Waals surface area contributed by atoms with Crippen molar-refractivity contribution < 1.29 is 4.74 Å². The number of hydrogen-bond acceptors (Lipinski definition) is 5. The molecule has 18 heavy (non-hydrogen) atoms. The minimum absolute atomic E-state index is 0.197. The second-order valence-corrected chi connectivity index (χ2v) is 4.77. The van der Waals surface area contributed by atoms with Gasteiger partial charge in [-0.3, -0.25) is 0 Å². The van der Waals surface area contributed by atoms with Crippen molar-refractivity contribution >= 4 is 5.95 Å². The first-order valence-corrected chi connectivity index (χ1v) is 6.77. The van der Waals surface area contributed by atoms with Crippen molar-refractivity contribution in [3.63, 3.8) is 0 Å². The molecule has 5 nitrogen and oxygen atoms in total. The first kappa shape index (κ1) is 13.1. The Morgan fingerprint density at radius 2 is 2.28 bits per heavy atom. The number of hydrogen-bond donors (Lipinski definition) is 2. The molecule has 0 aliphatic heterocycles. The van der Waals surface area contributed by atoms with Crippen LogP contribution in [0.2, 0.25) is 0 Å². The lowest BCUT2D eigenvalue weighted by Crippen LogP contribution is -2.42. The molecule has 2 rings (SSSR count). The van der Waals surface area contributed by atoms with Crippen molar-refractivity contribution in [1.29, 1.82) is 0 Å². The Labute approximate surface area is 108 Å². The molecule has 1 aliphatic rings. The molecule has 5 heteroatoms. The molecule has 1 aromatic heterocycles. The number of anilines is 1. The highest BCUT2D eigenvalue weighted by Gasteiger charge is 2.22. The number of nitrogens with one attached hydrogen (secondary N) is 1. The SMILES string of the molecule is CCCOc1ccnc(NC2CCCCC2N)n1. The standard InChI is InChI=1S/C13H22N4O/c1-2-9-18-12-7-8-15-13(17-12)16-11-6-4-3-5-10(11)14/h7-8,10-11H,2-6,9,14H2,1H3,(H,15,16,17). The minimum atomic E-state index is 0.197. The van der Waals surface area contributed by atoms with Crippen molar-refractivity contribution in [2.45, 2.75) is 51.1 Å². The molecule has 2 unspecified atom stereocenters. The molecule has 1 saturated carbocycles. The van der Waals surface area contributed by atoms with Gasteiger partial charge in [0.15, 0.2) is 0 Å². The smallest absolute Gasteiger partial charge is 0.226 e. The summed E-state index contributed by atoms with van der Waals surface area (Å²) in [4.78, 5) is 8.56. The summed E-state index contributed by atoms with van der Waals surface area (Å²) in [6.07, 6.45) is 7.29. The van der Waals surface area contributed by atoms with E-state index in [9.17, 15) is 0 Å².